The van der Waals surface area contributed by atoms with E-state index in [1.807, 2.05) is 18.2 Å². The van der Waals surface area contributed by atoms with Gasteiger partial charge in [-0.25, -0.2) is 0 Å². The smallest absolute Gasteiger partial charge is 0.118 e. The lowest BCUT2D eigenvalue weighted by Gasteiger charge is -2.28. The zero-order chi connectivity index (χ0) is 21.1. The molecule has 0 atom stereocenters. The van der Waals surface area contributed by atoms with Crippen molar-refractivity contribution >= 4 is 7.26 Å². The number of phenols is 1. The number of aryl methyl sites for hydroxylation is 1. The van der Waals surface area contributed by atoms with Crippen LogP contribution in [0.4, 0.5) is 0 Å². The standard InChI is InChI=1S/C16H36P.C10H14O/c1-5-9-13-17(14-10-6-2,15-11-7-3)16-12-8-4;1-2-3-6-9-7-4-5-8-10(9)11/h5-16H2,1-4H3;4-5,7-8,11H,2-3,6H2,1H3/q+1;. The zero-order valence-corrected chi connectivity index (χ0v) is 20.7. The molecular formula is C26H50OP+. The minimum Gasteiger partial charge on any atom is -0.508 e. The maximum atomic E-state index is 9.34. The average molecular weight is 410 g/mol. The van der Waals surface area contributed by atoms with Gasteiger partial charge in [-0.15, -0.1) is 0 Å². The van der Waals surface area contributed by atoms with Gasteiger partial charge in [-0.3, -0.25) is 0 Å². The molecule has 1 nitrogen and oxygen atoms in total. The predicted molar refractivity (Wildman–Crippen MR) is 133 cm³/mol. The van der Waals surface area contributed by atoms with Crippen LogP contribution in [0.15, 0.2) is 24.3 Å². The Balaban J connectivity index is 0.000000567. The topological polar surface area (TPSA) is 20.2 Å². The lowest BCUT2D eigenvalue weighted by atomic mass is 10.1. The van der Waals surface area contributed by atoms with Crippen LogP contribution >= 0.6 is 7.26 Å². The van der Waals surface area contributed by atoms with Crippen LogP contribution in [-0.4, -0.2) is 29.8 Å². The van der Waals surface area contributed by atoms with Crippen LogP contribution in [-0.2, 0) is 6.42 Å². The molecule has 28 heavy (non-hydrogen) atoms. The number of phenolic OH excluding ortho intramolecular Hbond substituents is 1. The monoisotopic (exact) mass is 409 g/mol. The van der Waals surface area contributed by atoms with Crippen LogP contribution < -0.4 is 0 Å². The Kier molecular flexibility index (Phi) is 18.1. The summed E-state index contributed by atoms with van der Waals surface area (Å²) in [4.78, 5) is 0. The highest BCUT2D eigenvalue weighted by Crippen LogP contribution is 2.61. The lowest BCUT2D eigenvalue weighted by Crippen LogP contribution is -2.12. The van der Waals surface area contributed by atoms with E-state index in [-0.39, 0.29) is 0 Å². The van der Waals surface area contributed by atoms with Crippen molar-refractivity contribution < 1.29 is 5.11 Å². The lowest BCUT2D eigenvalue weighted by molar-refractivity contribution is 0.467. The molecule has 0 radical (unpaired) electrons. The number of benzene rings is 1. The summed E-state index contributed by atoms with van der Waals surface area (Å²) in [5.41, 5.74) is 1.06. The van der Waals surface area contributed by atoms with E-state index in [1.54, 1.807) is 30.7 Å². The summed E-state index contributed by atoms with van der Waals surface area (Å²) in [6.07, 6.45) is 21.3. The third kappa shape index (κ3) is 12.8. The average Bonchev–Trinajstić information content (AvgIpc) is 2.72. The molecule has 0 heterocycles. The fourth-order valence-corrected chi connectivity index (χ4v) is 9.02. The minimum absolute atomic E-state index is 0.431. The first-order valence-electron chi connectivity index (χ1n) is 12.2. The SMILES string of the molecule is CCCC[P+](CCCC)(CCCC)CCCC.CCCCc1ccccc1O. The van der Waals surface area contributed by atoms with Gasteiger partial charge in [-0.05, 0) is 50.2 Å². The Morgan fingerprint density at radius 1 is 0.607 bits per heavy atom. The van der Waals surface area contributed by atoms with E-state index in [2.05, 4.69) is 34.6 Å². The number of hydrogen-bond donors (Lipinski definition) is 1. The molecule has 0 aromatic heterocycles. The highest BCUT2D eigenvalue weighted by Gasteiger charge is 2.34. The molecule has 0 aliphatic heterocycles. The van der Waals surface area contributed by atoms with E-state index in [1.165, 1.54) is 57.8 Å². The van der Waals surface area contributed by atoms with Gasteiger partial charge in [0.25, 0.3) is 0 Å². The van der Waals surface area contributed by atoms with Crippen molar-refractivity contribution in [1.29, 1.82) is 0 Å². The maximum Gasteiger partial charge on any atom is 0.118 e. The van der Waals surface area contributed by atoms with E-state index in [0.29, 0.717) is 5.75 Å². The maximum absolute atomic E-state index is 9.34. The molecule has 0 saturated carbocycles. The Bertz CT molecular complexity index is 420. The molecule has 1 aromatic carbocycles. The van der Waals surface area contributed by atoms with Crippen LogP contribution in [0.5, 0.6) is 5.75 Å². The van der Waals surface area contributed by atoms with Crippen molar-refractivity contribution in [3.63, 3.8) is 0 Å². The van der Waals surface area contributed by atoms with Gasteiger partial charge in [0.1, 0.15) is 5.75 Å². The Morgan fingerprint density at radius 2 is 1.00 bits per heavy atom. The van der Waals surface area contributed by atoms with Crippen molar-refractivity contribution in [1.82, 2.24) is 0 Å². The Morgan fingerprint density at radius 3 is 1.36 bits per heavy atom. The van der Waals surface area contributed by atoms with Gasteiger partial charge in [-0.1, -0.05) is 84.9 Å². The summed E-state index contributed by atoms with van der Waals surface area (Å²) in [6.45, 7) is 11.6. The molecule has 2 heteroatoms. The molecule has 1 rings (SSSR count). The molecular weight excluding hydrogens is 359 g/mol. The Hall–Kier alpha value is -0.550. The van der Waals surface area contributed by atoms with E-state index in [9.17, 15) is 5.11 Å². The molecule has 0 bridgehead atoms. The molecule has 0 saturated heterocycles. The fourth-order valence-electron chi connectivity index (χ4n) is 3.73. The molecule has 1 aromatic rings. The van der Waals surface area contributed by atoms with Crippen LogP contribution in [0.2, 0.25) is 0 Å². The molecule has 0 aliphatic rings. The minimum atomic E-state index is -0.562. The third-order valence-corrected chi connectivity index (χ3v) is 10.8. The summed E-state index contributed by atoms with van der Waals surface area (Å²) >= 11 is 0. The van der Waals surface area contributed by atoms with Gasteiger partial charge in [0.15, 0.2) is 0 Å². The normalized spacial score (nSPS) is 11.2. The van der Waals surface area contributed by atoms with Gasteiger partial charge < -0.3 is 5.11 Å². The summed E-state index contributed by atoms with van der Waals surface area (Å²) in [6, 6.07) is 7.53. The Labute approximate surface area is 178 Å². The predicted octanol–water partition coefficient (Wildman–Crippen LogP) is 8.94. The number of para-hydroxylation sites is 1. The van der Waals surface area contributed by atoms with E-state index >= 15 is 0 Å². The number of aromatic hydroxyl groups is 1. The molecule has 1 N–H and O–H groups in total. The van der Waals surface area contributed by atoms with Gasteiger partial charge >= 0.3 is 0 Å². The number of unbranched alkanes of at least 4 members (excludes halogenated alkanes) is 5. The molecule has 0 fully saturated rings. The first-order valence-corrected chi connectivity index (χ1v) is 14.7. The van der Waals surface area contributed by atoms with Crippen molar-refractivity contribution in [3.05, 3.63) is 29.8 Å². The summed E-state index contributed by atoms with van der Waals surface area (Å²) in [7, 11) is -0.562. The van der Waals surface area contributed by atoms with Gasteiger partial charge in [-0.2, -0.15) is 0 Å². The van der Waals surface area contributed by atoms with Crippen LogP contribution in [0.1, 0.15) is 104 Å². The second kappa shape index (κ2) is 18.5. The quantitative estimate of drug-likeness (QED) is 0.287. The van der Waals surface area contributed by atoms with Gasteiger partial charge in [0, 0.05) is 7.26 Å². The van der Waals surface area contributed by atoms with E-state index in [0.717, 1.165) is 18.4 Å². The third-order valence-electron chi connectivity index (χ3n) is 5.74. The summed E-state index contributed by atoms with van der Waals surface area (Å²) < 4.78 is 0. The van der Waals surface area contributed by atoms with Crippen LogP contribution in [0.25, 0.3) is 0 Å². The number of rotatable bonds is 15. The fraction of sp³-hybridized carbons (Fsp3) is 0.769. The van der Waals surface area contributed by atoms with Crippen molar-refractivity contribution in [2.75, 3.05) is 24.6 Å². The molecule has 0 amide bonds. The number of hydrogen-bond acceptors (Lipinski definition) is 1. The van der Waals surface area contributed by atoms with E-state index < -0.39 is 7.26 Å². The summed E-state index contributed by atoms with van der Waals surface area (Å²) in [5.74, 6) is 0.431. The zero-order valence-electron chi connectivity index (χ0n) is 19.8. The van der Waals surface area contributed by atoms with Crippen molar-refractivity contribution in [2.24, 2.45) is 0 Å². The van der Waals surface area contributed by atoms with E-state index in [4.69, 9.17) is 0 Å². The highest BCUT2D eigenvalue weighted by molar-refractivity contribution is 7.75. The molecule has 0 aliphatic carbocycles. The second-order valence-electron chi connectivity index (χ2n) is 8.38. The largest absolute Gasteiger partial charge is 0.508 e. The van der Waals surface area contributed by atoms with Crippen molar-refractivity contribution in [3.8, 4) is 5.75 Å². The first kappa shape index (κ1) is 27.5. The van der Waals surface area contributed by atoms with Gasteiger partial charge in [0.05, 0.1) is 24.6 Å². The van der Waals surface area contributed by atoms with Crippen LogP contribution in [0, 0.1) is 0 Å². The van der Waals surface area contributed by atoms with Gasteiger partial charge in [0.2, 0.25) is 0 Å². The summed E-state index contributed by atoms with van der Waals surface area (Å²) in [5, 5.41) is 9.34. The second-order valence-corrected chi connectivity index (χ2v) is 12.9. The molecule has 0 spiro atoms. The van der Waals surface area contributed by atoms with Crippen molar-refractivity contribution in [2.45, 2.75) is 105 Å². The first-order chi connectivity index (χ1) is 13.6. The highest BCUT2D eigenvalue weighted by atomic mass is 31.2. The molecule has 0 unspecified atom stereocenters. The van der Waals surface area contributed by atoms with Crippen LogP contribution in [0.3, 0.4) is 0 Å². The molecule has 164 valence electrons.